The van der Waals surface area contributed by atoms with Crippen molar-refractivity contribution >= 4 is 11.9 Å². The first-order valence-electron chi connectivity index (χ1n) is 7.21. The van der Waals surface area contributed by atoms with Crippen LogP contribution in [0, 0.1) is 5.92 Å². The highest BCUT2D eigenvalue weighted by Gasteiger charge is 2.11. The van der Waals surface area contributed by atoms with Crippen molar-refractivity contribution in [1.82, 2.24) is 10.6 Å². The normalized spacial score (nSPS) is 13.8. The van der Waals surface area contributed by atoms with Crippen molar-refractivity contribution in [3.63, 3.8) is 0 Å². The molecule has 2 atom stereocenters. The molecule has 0 aromatic rings. The minimum atomic E-state index is -0.748. The minimum absolute atomic E-state index is 0.0570. The van der Waals surface area contributed by atoms with Crippen molar-refractivity contribution < 1.29 is 14.7 Å². The molecule has 0 aromatic carbocycles. The molecule has 0 fully saturated rings. The average molecular weight is 272 g/mol. The fraction of sp³-hybridized carbons (Fsp3) is 0.857. The molecule has 0 aliphatic rings. The van der Waals surface area contributed by atoms with E-state index in [0.717, 1.165) is 19.4 Å². The van der Waals surface area contributed by atoms with Crippen LogP contribution in [0.4, 0.5) is 0 Å². The first kappa shape index (κ1) is 17.9. The zero-order valence-corrected chi connectivity index (χ0v) is 12.4. The van der Waals surface area contributed by atoms with Crippen LogP contribution in [0.1, 0.15) is 52.9 Å². The summed E-state index contributed by atoms with van der Waals surface area (Å²) in [4.78, 5) is 22.1. The van der Waals surface area contributed by atoms with Gasteiger partial charge in [0.25, 0.3) is 0 Å². The summed E-state index contributed by atoms with van der Waals surface area (Å²) in [7, 11) is 0. The fourth-order valence-electron chi connectivity index (χ4n) is 2.07. The third kappa shape index (κ3) is 10.5. The second-order valence-corrected chi connectivity index (χ2v) is 5.01. The summed E-state index contributed by atoms with van der Waals surface area (Å²) in [5.41, 5.74) is 0. The van der Waals surface area contributed by atoms with E-state index in [4.69, 9.17) is 5.11 Å². The Morgan fingerprint density at radius 3 is 2.42 bits per heavy atom. The topological polar surface area (TPSA) is 78.4 Å². The van der Waals surface area contributed by atoms with Gasteiger partial charge in [0.15, 0.2) is 0 Å². The fourth-order valence-corrected chi connectivity index (χ4v) is 2.07. The number of hydrogen-bond acceptors (Lipinski definition) is 3. The lowest BCUT2D eigenvalue weighted by Gasteiger charge is -2.15. The molecule has 0 rings (SSSR count). The Morgan fingerprint density at radius 1 is 1.21 bits per heavy atom. The van der Waals surface area contributed by atoms with Gasteiger partial charge in [-0.2, -0.15) is 0 Å². The van der Waals surface area contributed by atoms with Gasteiger partial charge >= 0.3 is 5.97 Å². The predicted molar refractivity (Wildman–Crippen MR) is 76.0 cm³/mol. The van der Waals surface area contributed by atoms with Crippen LogP contribution in [0.3, 0.4) is 0 Å². The van der Waals surface area contributed by atoms with Crippen LogP contribution in [-0.2, 0) is 9.59 Å². The Bertz CT molecular complexity index is 269. The quantitative estimate of drug-likeness (QED) is 0.535. The average Bonchev–Trinajstić information content (AvgIpc) is 2.33. The summed E-state index contributed by atoms with van der Waals surface area (Å²) in [5.74, 6) is -0.314. The Hall–Kier alpha value is -1.10. The highest BCUT2D eigenvalue weighted by atomic mass is 16.4. The zero-order valence-electron chi connectivity index (χ0n) is 12.4. The van der Waals surface area contributed by atoms with E-state index in [1.807, 2.05) is 13.8 Å². The number of carboxylic acids is 1. The van der Waals surface area contributed by atoms with E-state index >= 15 is 0 Å². The van der Waals surface area contributed by atoms with Crippen LogP contribution < -0.4 is 10.6 Å². The summed E-state index contributed by atoms with van der Waals surface area (Å²) in [5, 5.41) is 14.7. The number of carbonyl (C=O) groups is 2. The number of amides is 1. The van der Waals surface area contributed by atoms with Crippen LogP contribution in [0.25, 0.3) is 0 Å². The van der Waals surface area contributed by atoms with Crippen molar-refractivity contribution in [2.45, 2.75) is 58.9 Å². The van der Waals surface area contributed by atoms with E-state index in [-0.39, 0.29) is 18.4 Å². The predicted octanol–water partition coefficient (Wildman–Crippen LogP) is 1.77. The molecule has 0 aromatic heterocycles. The molecule has 0 spiro atoms. The van der Waals surface area contributed by atoms with Gasteiger partial charge in [0.2, 0.25) is 5.91 Å². The molecule has 0 bridgehead atoms. The van der Waals surface area contributed by atoms with Gasteiger partial charge in [0, 0.05) is 25.4 Å². The van der Waals surface area contributed by atoms with E-state index in [1.54, 1.807) is 0 Å². The standard InChI is InChI=1S/C14H28N2O3/c1-4-12(6-7-14(18)19)8-9-16-13(17)10-11(3)15-5-2/h11-12,15H,4-10H2,1-3H3,(H,16,17)(H,18,19). The number of aliphatic carboxylic acids is 1. The summed E-state index contributed by atoms with van der Waals surface area (Å²) < 4.78 is 0. The van der Waals surface area contributed by atoms with Gasteiger partial charge < -0.3 is 15.7 Å². The summed E-state index contributed by atoms with van der Waals surface area (Å²) in [6, 6.07) is 0.194. The molecular formula is C14H28N2O3. The SMILES string of the molecule is CCNC(C)CC(=O)NCCC(CC)CCC(=O)O. The Balaban J connectivity index is 3.74. The second-order valence-electron chi connectivity index (χ2n) is 5.01. The molecule has 0 radical (unpaired) electrons. The largest absolute Gasteiger partial charge is 0.481 e. The number of carbonyl (C=O) groups excluding carboxylic acids is 1. The van der Waals surface area contributed by atoms with E-state index in [1.165, 1.54) is 0 Å². The molecule has 0 aliphatic heterocycles. The maximum atomic E-state index is 11.6. The van der Waals surface area contributed by atoms with E-state index in [0.29, 0.717) is 25.3 Å². The van der Waals surface area contributed by atoms with Crippen molar-refractivity contribution in [1.29, 1.82) is 0 Å². The smallest absolute Gasteiger partial charge is 0.303 e. The van der Waals surface area contributed by atoms with Crippen LogP contribution in [-0.4, -0.2) is 36.1 Å². The van der Waals surface area contributed by atoms with Crippen LogP contribution in [0.5, 0.6) is 0 Å². The zero-order chi connectivity index (χ0) is 14.7. The van der Waals surface area contributed by atoms with Crippen molar-refractivity contribution in [3.8, 4) is 0 Å². The summed E-state index contributed by atoms with van der Waals surface area (Å²) in [6.07, 6.45) is 3.20. The van der Waals surface area contributed by atoms with Gasteiger partial charge in [-0.25, -0.2) is 0 Å². The lowest BCUT2D eigenvalue weighted by Crippen LogP contribution is -2.34. The molecule has 0 saturated carbocycles. The molecule has 0 heterocycles. The molecule has 5 nitrogen and oxygen atoms in total. The van der Waals surface area contributed by atoms with E-state index < -0.39 is 5.97 Å². The highest BCUT2D eigenvalue weighted by molar-refractivity contribution is 5.76. The second kappa shape index (κ2) is 10.8. The van der Waals surface area contributed by atoms with Gasteiger partial charge in [-0.05, 0) is 32.2 Å². The van der Waals surface area contributed by atoms with Gasteiger partial charge in [-0.15, -0.1) is 0 Å². The van der Waals surface area contributed by atoms with Crippen LogP contribution in [0.15, 0.2) is 0 Å². The first-order valence-corrected chi connectivity index (χ1v) is 7.21. The molecule has 1 amide bonds. The van der Waals surface area contributed by atoms with E-state index in [2.05, 4.69) is 17.6 Å². The van der Waals surface area contributed by atoms with Crippen molar-refractivity contribution in [3.05, 3.63) is 0 Å². The highest BCUT2D eigenvalue weighted by Crippen LogP contribution is 2.14. The molecule has 19 heavy (non-hydrogen) atoms. The number of nitrogens with one attached hydrogen (secondary N) is 2. The first-order chi connectivity index (χ1) is 8.99. The van der Waals surface area contributed by atoms with Crippen molar-refractivity contribution in [2.24, 2.45) is 5.92 Å². The maximum absolute atomic E-state index is 11.6. The number of hydrogen-bond donors (Lipinski definition) is 3. The molecule has 0 aliphatic carbocycles. The van der Waals surface area contributed by atoms with Crippen LogP contribution in [0.2, 0.25) is 0 Å². The summed E-state index contributed by atoms with van der Waals surface area (Å²) in [6.45, 7) is 7.56. The lowest BCUT2D eigenvalue weighted by molar-refractivity contribution is -0.137. The maximum Gasteiger partial charge on any atom is 0.303 e. The van der Waals surface area contributed by atoms with Crippen LogP contribution >= 0.6 is 0 Å². The number of carboxylic acid groups (broad SMARTS) is 1. The lowest BCUT2D eigenvalue weighted by atomic mass is 9.96. The Morgan fingerprint density at radius 2 is 1.89 bits per heavy atom. The van der Waals surface area contributed by atoms with Crippen molar-refractivity contribution in [2.75, 3.05) is 13.1 Å². The Kier molecular flexibility index (Phi) is 10.2. The molecule has 2 unspecified atom stereocenters. The van der Waals surface area contributed by atoms with Gasteiger partial charge in [0.05, 0.1) is 0 Å². The minimum Gasteiger partial charge on any atom is -0.481 e. The summed E-state index contributed by atoms with van der Waals surface area (Å²) >= 11 is 0. The molecule has 112 valence electrons. The third-order valence-electron chi connectivity index (χ3n) is 3.26. The molecular weight excluding hydrogens is 244 g/mol. The van der Waals surface area contributed by atoms with E-state index in [9.17, 15) is 9.59 Å². The monoisotopic (exact) mass is 272 g/mol. The molecule has 0 saturated heterocycles. The molecule has 3 N–H and O–H groups in total. The Labute approximate surface area is 116 Å². The van der Waals surface area contributed by atoms with Gasteiger partial charge in [-0.1, -0.05) is 20.3 Å². The molecule has 5 heteroatoms. The number of rotatable bonds is 11. The third-order valence-corrected chi connectivity index (χ3v) is 3.26. The van der Waals surface area contributed by atoms with Gasteiger partial charge in [-0.3, -0.25) is 9.59 Å². The van der Waals surface area contributed by atoms with Gasteiger partial charge in [0.1, 0.15) is 0 Å².